The van der Waals surface area contributed by atoms with E-state index in [0.717, 1.165) is 0 Å². The van der Waals surface area contributed by atoms with Crippen LogP contribution in [0.5, 0.6) is 0 Å². The van der Waals surface area contributed by atoms with Gasteiger partial charge in [-0.25, -0.2) is 9.36 Å². The van der Waals surface area contributed by atoms with E-state index in [-0.39, 0.29) is 42.6 Å². The normalized spacial score (nSPS) is 21.8. The number of carbonyl (C=O) groups excluding carboxylic acids is 1. The summed E-state index contributed by atoms with van der Waals surface area (Å²) in [6.07, 6.45) is 11.5. The van der Waals surface area contributed by atoms with Crippen LogP contribution in [0.3, 0.4) is 0 Å². The number of allylic oxidation sites excluding steroid dienone is 4. The number of esters is 1. The van der Waals surface area contributed by atoms with Crippen LogP contribution in [-0.4, -0.2) is 61.6 Å². The summed E-state index contributed by atoms with van der Waals surface area (Å²) in [6, 6.07) is 0. The molecule has 0 unspecified atom stereocenters. The second-order valence-electron chi connectivity index (χ2n) is 6.47. The molecule has 162 valence electrons. The first-order chi connectivity index (χ1) is 13.5. The molecule has 0 amide bonds. The van der Waals surface area contributed by atoms with Gasteiger partial charge in [0.15, 0.2) is 0 Å². The standard InChI is InChI=1S/C19H27O9P.Na/c1-19(23,12-11-16-9-7-10-18(22)27-16)17(28-29(24,25)26)14-15(21)8-5-3-2-4-6-13-20;/h2-8,10-12,15-17,20-21,23H,9,13-14H2,1H3,(H2,24,25,26);/q;+1/b3-2-,6-4+,8-5-,12-11+;/t15-,16-,17+,19+;/m0./s1. The molecule has 0 aromatic rings. The van der Waals surface area contributed by atoms with Gasteiger partial charge in [0.1, 0.15) is 17.8 Å². The van der Waals surface area contributed by atoms with Crippen LogP contribution < -0.4 is 29.6 Å². The summed E-state index contributed by atoms with van der Waals surface area (Å²) >= 11 is 0. The van der Waals surface area contributed by atoms with Gasteiger partial charge in [0.2, 0.25) is 0 Å². The number of cyclic esters (lactones) is 1. The Morgan fingerprint density at radius 3 is 2.60 bits per heavy atom. The fourth-order valence-corrected chi connectivity index (χ4v) is 3.01. The summed E-state index contributed by atoms with van der Waals surface area (Å²) < 4.78 is 21.0. The Balaban J connectivity index is 0.00000841. The maximum absolute atomic E-state index is 11.3. The minimum atomic E-state index is -4.96. The van der Waals surface area contributed by atoms with Crippen molar-refractivity contribution in [3.63, 3.8) is 0 Å². The van der Waals surface area contributed by atoms with Gasteiger partial charge in [0.25, 0.3) is 0 Å². The molecule has 0 spiro atoms. The Kier molecular flexibility index (Phi) is 13.9. The molecule has 4 atom stereocenters. The molecule has 0 saturated heterocycles. The van der Waals surface area contributed by atoms with Crippen molar-refractivity contribution in [1.82, 2.24) is 0 Å². The van der Waals surface area contributed by atoms with Crippen LogP contribution in [0.15, 0.2) is 60.8 Å². The molecule has 0 fully saturated rings. The van der Waals surface area contributed by atoms with Gasteiger partial charge in [-0.05, 0) is 13.0 Å². The minimum absolute atomic E-state index is 0. The first kappa shape index (κ1) is 29.2. The number of hydrogen-bond donors (Lipinski definition) is 5. The van der Waals surface area contributed by atoms with Crippen molar-refractivity contribution in [2.75, 3.05) is 6.61 Å². The van der Waals surface area contributed by atoms with E-state index in [9.17, 15) is 19.6 Å². The van der Waals surface area contributed by atoms with Crippen LogP contribution in [0.2, 0.25) is 0 Å². The molecule has 30 heavy (non-hydrogen) atoms. The average molecular weight is 453 g/mol. The third kappa shape index (κ3) is 12.8. The summed E-state index contributed by atoms with van der Waals surface area (Å²) in [7, 11) is -4.96. The Bertz CT molecular complexity index is 722. The van der Waals surface area contributed by atoms with Crippen LogP contribution in [0.1, 0.15) is 19.8 Å². The van der Waals surface area contributed by atoms with Crippen molar-refractivity contribution in [2.24, 2.45) is 0 Å². The summed E-state index contributed by atoms with van der Waals surface area (Å²) in [5.74, 6) is -0.531. The van der Waals surface area contributed by atoms with Crippen molar-refractivity contribution in [2.45, 2.75) is 43.7 Å². The number of rotatable bonds is 11. The molecule has 1 heterocycles. The fourth-order valence-electron chi connectivity index (χ4n) is 2.37. The Morgan fingerprint density at radius 1 is 1.33 bits per heavy atom. The molecule has 1 aliphatic heterocycles. The molecule has 0 aromatic heterocycles. The zero-order valence-corrected chi connectivity index (χ0v) is 19.8. The SMILES string of the molecule is C[C@@](O)(/C=C/[C@@H]1CC=CC(=O)O1)[C@@H](C[C@@H](O)\C=C/C=C\C=C\CO)OP(=O)(O)O.[Na+]. The van der Waals surface area contributed by atoms with E-state index in [2.05, 4.69) is 4.52 Å². The van der Waals surface area contributed by atoms with Crippen LogP contribution in [0, 0.1) is 0 Å². The number of hydrogen-bond acceptors (Lipinski definition) is 7. The van der Waals surface area contributed by atoms with Crippen molar-refractivity contribution in [3.05, 3.63) is 60.8 Å². The zero-order chi connectivity index (χ0) is 21.9. The molecule has 0 aliphatic carbocycles. The quantitative estimate of drug-likeness (QED) is 0.0790. The van der Waals surface area contributed by atoms with Gasteiger partial charge in [-0.15, -0.1) is 0 Å². The first-order valence-electron chi connectivity index (χ1n) is 8.85. The predicted octanol–water partition coefficient (Wildman–Crippen LogP) is -1.94. The van der Waals surface area contributed by atoms with E-state index < -0.39 is 37.7 Å². The average Bonchev–Trinajstić information content (AvgIpc) is 2.61. The molecule has 0 aromatic carbocycles. The van der Waals surface area contributed by atoms with Crippen molar-refractivity contribution >= 4 is 13.8 Å². The molecule has 0 saturated carbocycles. The Morgan fingerprint density at radius 2 is 2.00 bits per heavy atom. The fraction of sp³-hybridized carbons (Fsp3) is 0.421. The molecular weight excluding hydrogens is 426 g/mol. The third-order valence-electron chi connectivity index (χ3n) is 3.82. The van der Waals surface area contributed by atoms with E-state index in [1.165, 1.54) is 43.4 Å². The number of phosphoric acid groups is 1. The monoisotopic (exact) mass is 453 g/mol. The molecule has 0 bridgehead atoms. The molecule has 1 aliphatic rings. The van der Waals surface area contributed by atoms with Gasteiger partial charge < -0.3 is 29.8 Å². The summed E-state index contributed by atoms with van der Waals surface area (Å²) in [5, 5.41) is 29.4. The summed E-state index contributed by atoms with van der Waals surface area (Å²) in [5.41, 5.74) is -1.87. The van der Waals surface area contributed by atoms with E-state index >= 15 is 0 Å². The Hall–Kier alpha value is -0.840. The van der Waals surface area contributed by atoms with E-state index in [1.807, 2.05) is 0 Å². The van der Waals surface area contributed by atoms with Crippen LogP contribution in [0.25, 0.3) is 0 Å². The van der Waals surface area contributed by atoms with E-state index in [0.29, 0.717) is 6.42 Å². The second-order valence-corrected chi connectivity index (χ2v) is 7.66. The topological polar surface area (TPSA) is 154 Å². The van der Waals surface area contributed by atoms with Crippen LogP contribution in [0.4, 0.5) is 0 Å². The van der Waals surface area contributed by atoms with Crippen molar-refractivity contribution < 1.29 is 73.3 Å². The number of carbonyl (C=O) groups is 1. The number of aliphatic hydroxyl groups excluding tert-OH is 2. The molecule has 0 radical (unpaired) electrons. The number of ether oxygens (including phenoxy) is 1. The maximum Gasteiger partial charge on any atom is 1.00 e. The van der Waals surface area contributed by atoms with Crippen molar-refractivity contribution in [3.8, 4) is 0 Å². The van der Waals surface area contributed by atoms with Crippen LogP contribution >= 0.6 is 7.82 Å². The summed E-state index contributed by atoms with van der Waals surface area (Å²) in [4.78, 5) is 29.6. The van der Waals surface area contributed by atoms with Gasteiger partial charge in [0.05, 0.1) is 12.7 Å². The summed E-state index contributed by atoms with van der Waals surface area (Å²) in [6.45, 7) is 1.16. The predicted molar refractivity (Wildman–Crippen MR) is 105 cm³/mol. The van der Waals surface area contributed by atoms with Gasteiger partial charge >= 0.3 is 43.3 Å². The Labute approximate surface area is 197 Å². The van der Waals surface area contributed by atoms with Crippen molar-refractivity contribution in [1.29, 1.82) is 0 Å². The van der Waals surface area contributed by atoms with Gasteiger partial charge in [-0.3, -0.25) is 4.52 Å². The molecule has 1 rings (SSSR count). The maximum atomic E-state index is 11.3. The zero-order valence-electron chi connectivity index (χ0n) is 16.9. The van der Waals surface area contributed by atoms with Gasteiger partial charge in [-0.2, -0.15) is 0 Å². The molecule has 11 heteroatoms. The largest absolute Gasteiger partial charge is 1.00 e. The minimum Gasteiger partial charge on any atom is -0.455 e. The molecular formula is C19H27NaO9P+. The second kappa shape index (κ2) is 14.3. The third-order valence-corrected chi connectivity index (χ3v) is 4.35. The molecule has 9 nitrogen and oxygen atoms in total. The number of aliphatic hydroxyl groups is 3. The first-order valence-corrected chi connectivity index (χ1v) is 10.4. The molecule has 5 N–H and O–H groups in total. The van der Waals surface area contributed by atoms with E-state index in [1.54, 1.807) is 24.3 Å². The van der Waals surface area contributed by atoms with Crippen LogP contribution in [-0.2, 0) is 18.6 Å². The smallest absolute Gasteiger partial charge is 0.455 e. The van der Waals surface area contributed by atoms with Gasteiger partial charge in [-0.1, -0.05) is 48.6 Å². The van der Waals surface area contributed by atoms with E-state index in [4.69, 9.17) is 19.6 Å². The number of phosphoric ester groups is 1. The van der Waals surface area contributed by atoms with Gasteiger partial charge in [0, 0.05) is 18.9 Å².